The Kier molecular flexibility index (Phi) is 5.75. The van der Waals surface area contributed by atoms with Gasteiger partial charge in [-0.2, -0.15) is 0 Å². The molecule has 0 aromatic heterocycles. The number of carbonyl (C=O) groups is 2. The van der Waals surface area contributed by atoms with E-state index in [2.05, 4.69) is 6.58 Å². The van der Waals surface area contributed by atoms with Gasteiger partial charge < -0.3 is 9.47 Å². The number of rotatable bonds is 5. The van der Waals surface area contributed by atoms with Gasteiger partial charge in [-0.3, -0.25) is 4.79 Å². The van der Waals surface area contributed by atoms with Crippen molar-refractivity contribution in [3.63, 3.8) is 0 Å². The Morgan fingerprint density at radius 3 is 1.76 bits per heavy atom. The van der Waals surface area contributed by atoms with Crippen LogP contribution in [0.3, 0.4) is 0 Å². The lowest BCUT2D eigenvalue weighted by Gasteiger charge is -2.11. The topological polar surface area (TPSA) is 52.6 Å². The predicted molar refractivity (Wildman–Crippen MR) is 96.9 cm³/mol. The highest BCUT2D eigenvalue weighted by Gasteiger charge is 2.09. The molecule has 0 saturated heterocycles. The number of ether oxygens (including phenoxy) is 2. The van der Waals surface area contributed by atoms with E-state index in [-0.39, 0.29) is 5.97 Å². The van der Waals surface area contributed by atoms with Crippen molar-refractivity contribution in [2.75, 3.05) is 0 Å². The Hall–Kier alpha value is -2.88. The molecular formula is C21H22O4. The third-order valence-electron chi connectivity index (χ3n) is 3.69. The summed E-state index contributed by atoms with van der Waals surface area (Å²) in [6.45, 7) is 10.4. The van der Waals surface area contributed by atoms with Crippen LogP contribution in [0.25, 0.3) is 0 Å². The van der Waals surface area contributed by atoms with E-state index in [1.165, 1.54) is 6.92 Å². The van der Waals surface area contributed by atoms with Gasteiger partial charge in [-0.05, 0) is 61.6 Å². The first-order valence-electron chi connectivity index (χ1n) is 8.01. The molecule has 0 amide bonds. The van der Waals surface area contributed by atoms with Gasteiger partial charge in [0.25, 0.3) is 0 Å². The molecule has 4 heteroatoms. The van der Waals surface area contributed by atoms with Crippen molar-refractivity contribution < 1.29 is 19.1 Å². The van der Waals surface area contributed by atoms with Crippen LogP contribution in [0.5, 0.6) is 11.5 Å². The average molecular weight is 338 g/mol. The normalized spacial score (nSPS) is 10.2. The maximum Gasteiger partial charge on any atom is 0.338 e. The third-order valence-corrected chi connectivity index (χ3v) is 3.69. The van der Waals surface area contributed by atoms with Crippen molar-refractivity contribution >= 4 is 11.9 Å². The van der Waals surface area contributed by atoms with E-state index >= 15 is 0 Å². The number of hydrogen-bond acceptors (Lipinski definition) is 4. The van der Waals surface area contributed by atoms with E-state index in [0.717, 1.165) is 28.7 Å². The van der Waals surface area contributed by atoms with Crippen LogP contribution in [0, 0.1) is 13.8 Å². The molecule has 0 aliphatic rings. The van der Waals surface area contributed by atoms with Crippen LogP contribution in [-0.4, -0.2) is 11.9 Å². The first-order valence-corrected chi connectivity index (χ1v) is 8.01. The lowest BCUT2D eigenvalue weighted by Crippen LogP contribution is -2.09. The minimum Gasteiger partial charge on any atom is -0.426 e. The molecule has 0 fully saturated rings. The fourth-order valence-electron chi connectivity index (χ4n) is 2.45. The highest BCUT2D eigenvalue weighted by Crippen LogP contribution is 2.24. The highest BCUT2D eigenvalue weighted by atomic mass is 16.5. The first-order chi connectivity index (χ1) is 11.8. The van der Waals surface area contributed by atoms with Crippen molar-refractivity contribution in [2.45, 2.75) is 34.1 Å². The van der Waals surface area contributed by atoms with Crippen molar-refractivity contribution in [1.29, 1.82) is 0 Å². The summed E-state index contributed by atoms with van der Waals surface area (Å²) in [5.74, 6) is 0.367. The molecule has 2 aromatic rings. The van der Waals surface area contributed by atoms with Crippen LogP contribution in [-0.2, 0) is 16.0 Å². The smallest absolute Gasteiger partial charge is 0.338 e. The number of benzene rings is 2. The molecule has 0 aliphatic heterocycles. The van der Waals surface area contributed by atoms with Crippen LogP contribution >= 0.6 is 0 Å². The minimum atomic E-state index is -0.424. The predicted octanol–water partition coefficient (Wildman–Crippen LogP) is 4.30. The van der Waals surface area contributed by atoms with Crippen molar-refractivity contribution in [2.24, 2.45) is 0 Å². The zero-order chi connectivity index (χ0) is 18.6. The van der Waals surface area contributed by atoms with Gasteiger partial charge in [0.15, 0.2) is 0 Å². The standard InChI is InChI=1S/C21H22O4/c1-13(2)21(23)25-20-9-7-18(11-15(20)4)12-17-6-8-19(14(3)10-17)24-16(5)22/h6-11H,1,12H2,2-5H3. The number of hydrogen-bond donors (Lipinski definition) is 0. The Labute approximate surface area is 148 Å². The zero-order valence-electron chi connectivity index (χ0n) is 15.0. The SMILES string of the molecule is C=C(C)C(=O)Oc1ccc(Cc2ccc(OC(C)=O)c(C)c2)cc1C. The summed E-state index contributed by atoms with van der Waals surface area (Å²) < 4.78 is 10.4. The van der Waals surface area contributed by atoms with E-state index in [1.807, 2.05) is 44.2 Å². The molecule has 0 spiro atoms. The fourth-order valence-corrected chi connectivity index (χ4v) is 2.45. The summed E-state index contributed by atoms with van der Waals surface area (Å²) in [7, 11) is 0. The molecule has 0 atom stereocenters. The quantitative estimate of drug-likeness (QED) is 0.463. The lowest BCUT2D eigenvalue weighted by molar-refractivity contribution is -0.132. The summed E-state index contributed by atoms with van der Waals surface area (Å²) in [4.78, 5) is 22.7. The second kappa shape index (κ2) is 7.79. The number of aryl methyl sites for hydroxylation is 2. The molecule has 0 saturated carbocycles. The summed E-state index contributed by atoms with van der Waals surface area (Å²) in [5, 5.41) is 0. The average Bonchev–Trinajstić information content (AvgIpc) is 2.52. The summed E-state index contributed by atoms with van der Waals surface area (Å²) in [6.07, 6.45) is 0.733. The van der Waals surface area contributed by atoms with Crippen LogP contribution in [0.2, 0.25) is 0 Å². The molecule has 0 bridgehead atoms. The van der Waals surface area contributed by atoms with Crippen LogP contribution in [0.1, 0.15) is 36.1 Å². The van der Waals surface area contributed by atoms with E-state index in [0.29, 0.717) is 17.1 Å². The largest absolute Gasteiger partial charge is 0.426 e. The molecule has 25 heavy (non-hydrogen) atoms. The molecule has 0 heterocycles. The fraction of sp³-hybridized carbons (Fsp3) is 0.238. The summed E-state index contributed by atoms with van der Waals surface area (Å²) in [5.41, 5.74) is 4.38. The molecule has 0 radical (unpaired) electrons. The van der Waals surface area contributed by atoms with Gasteiger partial charge in [0.2, 0.25) is 0 Å². The van der Waals surface area contributed by atoms with Crippen LogP contribution in [0.15, 0.2) is 48.6 Å². The molecule has 4 nitrogen and oxygen atoms in total. The van der Waals surface area contributed by atoms with Crippen LogP contribution in [0.4, 0.5) is 0 Å². The van der Waals surface area contributed by atoms with Gasteiger partial charge in [-0.25, -0.2) is 4.79 Å². The van der Waals surface area contributed by atoms with Crippen molar-refractivity contribution in [1.82, 2.24) is 0 Å². The monoisotopic (exact) mass is 338 g/mol. The second-order valence-electron chi connectivity index (χ2n) is 6.14. The second-order valence-corrected chi connectivity index (χ2v) is 6.14. The minimum absolute atomic E-state index is 0.327. The van der Waals surface area contributed by atoms with E-state index < -0.39 is 5.97 Å². The van der Waals surface area contributed by atoms with Crippen molar-refractivity contribution in [3.8, 4) is 11.5 Å². The summed E-state index contributed by atoms with van der Waals surface area (Å²) in [6, 6.07) is 11.5. The van der Waals surface area contributed by atoms with Gasteiger partial charge in [0.05, 0.1) is 0 Å². The molecule has 2 aromatic carbocycles. The third kappa shape index (κ3) is 5.05. The van der Waals surface area contributed by atoms with Gasteiger partial charge in [0.1, 0.15) is 11.5 Å². The molecule has 0 aliphatic carbocycles. The maximum absolute atomic E-state index is 11.6. The number of carbonyl (C=O) groups excluding carboxylic acids is 2. The molecule has 2 rings (SSSR count). The van der Waals surface area contributed by atoms with E-state index in [9.17, 15) is 9.59 Å². The molecule has 0 unspecified atom stereocenters. The first kappa shape index (κ1) is 18.5. The van der Waals surface area contributed by atoms with Gasteiger partial charge in [-0.15, -0.1) is 0 Å². The highest BCUT2D eigenvalue weighted by molar-refractivity contribution is 5.88. The summed E-state index contributed by atoms with van der Waals surface area (Å²) >= 11 is 0. The number of esters is 2. The maximum atomic E-state index is 11.6. The van der Waals surface area contributed by atoms with E-state index in [1.54, 1.807) is 13.0 Å². The molecular weight excluding hydrogens is 316 g/mol. The lowest BCUT2D eigenvalue weighted by atomic mass is 10.0. The van der Waals surface area contributed by atoms with Gasteiger partial charge in [0, 0.05) is 12.5 Å². The zero-order valence-corrected chi connectivity index (χ0v) is 15.0. The Morgan fingerprint density at radius 1 is 0.880 bits per heavy atom. The van der Waals surface area contributed by atoms with Gasteiger partial charge >= 0.3 is 11.9 Å². The Bertz CT molecular complexity index is 834. The van der Waals surface area contributed by atoms with Crippen LogP contribution < -0.4 is 9.47 Å². The van der Waals surface area contributed by atoms with Gasteiger partial charge in [-0.1, -0.05) is 30.8 Å². The van der Waals surface area contributed by atoms with E-state index in [4.69, 9.17) is 9.47 Å². The molecule has 130 valence electrons. The van der Waals surface area contributed by atoms with Crippen molar-refractivity contribution in [3.05, 3.63) is 70.8 Å². The Balaban J connectivity index is 2.14. The Morgan fingerprint density at radius 2 is 1.36 bits per heavy atom. The molecule has 0 N–H and O–H groups in total.